The zero-order valence-electron chi connectivity index (χ0n) is 9.60. The van der Waals surface area contributed by atoms with Crippen molar-refractivity contribution in [3.05, 3.63) is 24.3 Å². The third kappa shape index (κ3) is 2.26. The number of thiazole rings is 1. The maximum atomic E-state index is 5.91. The molecule has 1 aromatic heterocycles. The summed E-state index contributed by atoms with van der Waals surface area (Å²) in [4.78, 5) is 7.10. The molecule has 0 atom stereocenters. The molecule has 0 radical (unpaired) electrons. The van der Waals surface area contributed by atoms with Gasteiger partial charge in [-0.05, 0) is 30.9 Å². The quantitative estimate of drug-likeness (QED) is 0.770. The van der Waals surface area contributed by atoms with Crippen LogP contribution < -0.4 is 4.90 Å². The molecule has 0 saturated carbocycles. The predicted molar refractivity (Wildman–Crippen MR) is 75.3 cm³/mol. The first-order valence-electron chi connectivity index (χ1n) is 6.03. The fraction of sp³-hybridized carbons (Fsp3) is 0.462. The smallest absolute Gasteiger partial charge is 0.186 e. The van der Waals surface area contributed by atoms with Crippen LogP contribution in [0.2, 0.25) is 0 Å². The molecule has 0 unspecified atom stereocenters. The Bertz CT molecular complexity index is 470. The minimum Gasteiger partial charge on any atom is -0.348 e. The lowest BCUT2D eigenvalue weighted by Gasteiger charge is -2.30. The second kappa shape index (κ2) is 4.83. The summed E-state index contributed by atoms with van der Waals surface area (Å²) in [6, 6.07) is 8.35. The first-order chi connectivity index (χ1) is 8.36. The highest BCUT2D eigenvalue weighted by molar-refractivity contribution is 7.22. The number of nitrogens with zero attached hydrogens (tertiary/aromatic N) is 2. The molecule has 1 aromatic carbocycles. The molecule has 0 amide bonds. The van der Waals surface area contributed by atoms with Crippen molar-refractivity contribution < 1.29 is 0 Å². The molecule has 1 aliphatic rings. The zero-order chi connectivity index (χ0) is 11.7. The summed E-state index contributed by atoms with van der Waals surface area (Å²) in [6.45, 7) is 2.19. The van der Waals surface area contributed by atoms with E-state index >= 15 is 0 Å². The summed E-state index contributed by atoms with van der Waals surface area (Å²) in [5.41, 5.74) is 1.12. The van der Waals surface area contributed by atoms with E-state index in [1.807, 2.05) is 6.07 Å². The molecule has 3 rings (SSSR count). The SMILES string of the molecule is ClCC1CCN(c2nc3ccccc3s2)CC1. The standard InChI is InChI=1S/C13H15ClN2S/c14-9-10-5-7-16(8-6-10)13-15-11-3-1-2-4-12(11)17-13/h1-4,10H,5-9H2. The Balaban J connectivity index is 1.80. The van der Waals surface area contributed by atoms with Crippen molar-refractivity contribution >= 4 is 38.3 Å². The number of hydrogen-bond donors (Lipinski definition) is 0. The fourth-order valence-electron chi connectivity index (χ4n) is 2.27. The van der Waals surface area contributed by atoms with Crippen LogP contribution >= 0.6 is 22.9 Å². The largest absolute Gasteiger partial charge is 0.348 e. The Morgan fingerprint density at radius 3 is 2.76 bits per heavy atom. The Morgan fingerprint density at radius 1 is 1.29 bits per heavy atom. The van der Waals surface area contributed by atoms with Gasteiger partial charge < -0.3 is 4.90 Å². The van der Waals surface area contributed by atoms with E-state index in [2.05, 4.69) is 23.1 Å². The number of benzene rings is 1. The van der Waals surface area contributed by atoms with E-state index in [1.54, 1.807) is 11.3 Å². The first-order valence-corrected chi connectivity index (χ1v) is 7.38. The molecule has 4 heteroatoms. The highest BCUT2D eigenvalue weighted by atomic mass is 35.5. The van der Waals surface area contributed by atoms with E-state index in [4.69, 9.17) is 16.6 Å². The maximum absolute atomic E-state index is 5.91. The molecule has 0 bridgehead atoms. The summed E-state index contributed by atoms with van der Waals surface area (Å²) < 4.78 is 1.28. The van der Waals surface area contributed by atoms with Crippen LogP contribution in [-0.2, 0) is 0 Å². The van der Waals surface area contributed by atoms with Crippen LogP contribution in [0.25, 0.3) is 10.2 Å². The van der Waals surface area contributed by atoms with E-state index in [-0.39, 0.29) is 0 Å². The molecule has 0 spiro atoms. The van der Waals surface area contributed by atoms with Gasteiger partial charge in [0.2, 0.25) is 0 Å². The number of aromatic nitrogens is 1. The molecule has 17 heavy (non-hydrogen) atoms. The van der Waals surface area contributed by atoms with Gasteiger partial charge in [0.15, 0.2) is 5.13 Å². The van der Waals surface area contributed by atoms with E-state index in [1.165, 1.54) is 22.7 Å². The minimum absolute atomic E-state index is 0.697. The van der Waals surface area contributed by atoms with Crippen LogP contribution in [0.3, 0.4) is 0 Å². The first kappa shape index (κ1) is 11.3. The molecule has 0 aliphatic carbocycles. The average Bonchev–Trinajstić information content (AvgIpc) is 2.82. The molecular weight excluding hydrogens is 252 g/mol. The van der Waals surface area contributed by atoms with Crippen LogP contribution in [0.4, 0.5) is 5.13 Å². The van der Waals surface area contributed by atoms with Gasteiger partial charge in [-0.15, -0.1) is 11.6 Å². The Hall–Kier alpha value is -0.800. The van der Waals surface area contributed by atoms with Gasteiger partial charge >= 0.3 is 0 Å². The highest BCUT2D eigenvalue weighted by Gasteiger charge is 2.20. The number of fused-ring (bicyclic) bond motifs is 1. The van der Waals surface area contributed by atoms with E-state index in [0.717, 1.165) is 24.5 Å². The highest BCUT2D eigenvalue weighted by Crippen LogP contribution is 2.31. The van der Waals surface area contributed by atoms with Gasteiger partial charge in [0.1, 0.15) is 0 Å². The van der Waals surface area contributed by atoms with Crippen molar-refractivity contribution in [2.24, 2.45) is 5.92 Å². The van der Waals surface area contributed by atoms with Gasteiger partial charge in [0, 0.05) is 19.0 Å². The zero-order valence-corrected chi connectivity index (χ0v) is 11.2. The molecule has 2 nitrogen and oxygen atoms in total. The van der Waals surface area contributed by atoms with Gasteiger partial charge in [0.25, 0.3) is 0 Å². The molecule has 1 saturated heterocycles. The van der Waals surface area contributed by atoms with Gasteiger partial charge in [-0.1, -0.05) is 23.5 Å². The molecule has 0 N–H and O–H groups in total. The van der Waals surface area contributed by atoms with E-state index < -0.39 is 0 Å². The van der Waals surface area contributed by atoms with Crippen molar-refractivity contribution in [1.29, 1.82) is 0 Å². The molecule has 2 heterocycles. The van der Waals surface area contributed by atoms with Gasteiger partial charge in [0.05, 0.1) is 10.2 Å². The van der Waals surface area contributed by atoms with Crippen LogP contribution in [0.15, 0.2) is 24.3 Å². The summed E-state index contributed by atoms with van der Waals surface area (Å²) in [5.74, 6) is 1.50. The Morgan fingerprint density at radius 2 is 2.06 bits per heavy atom. The molecular formula is C13H15ClN2S. The van der Waals surface area contributed by atoms with Crippen molar-refractivity contribution in [3.63, 3.8) is 0 Å². The second-order valence-electron chi connectivity index (χ2n) is 4.55. The number of piperidine rings is 1. The lowest BCUT2D eigenvalue weighted by Crippen LogP contribution is -2.34. The van der Waals surface area contributed by atoms with Crippen LogP contribution in [0, 0.1) is 5.92 Å². The number of rotatable bonds is 2. The maximum Gasteiger partial charge on any atom is 0.186 e. The molecule has 1 fully saturated rings. The Labute approximate surface area is 110 Å². The second-order valence-corrected chi connectivity index (χ2v) is 5.87. The van der Waals surface area contributed by atoms with Crippen molar-refractivity contribution in [2.75, 3.05) is 23.9 Å². The van der Waals surface area contributed by atoms with Crippen LogP contribution in [0.1, 0.15) is 12.8 Å². The summed E-state index contributed by atoms with van der Waals surface area (Å²) >= 11 is 7.70. The van der Waals surface area contributed by atoms with Gasteiger partial charge in [-0.2, -0.15) is 0 Å². The fourth-order valence-corrected chi connectivity index (χ4v) is 3.60. The predicted octanol–water partition coefficient (Wildman–Crippen LogP) is 3.75. The van der Waals surface area contributed by atoms with Crippen molar-refractivity contribution in [2.45, 2.75) is 12.8 Å². The molecule has 1 aliphatic heterocycles. The summed E-state index contributed by atoms with van der Waals surface area (Å²) in [7, 11) is 0. The normalized spacial score (nSPS) is 17.8. The third-order valence-electron chi connectivity index (χ3n) is 3.39. The number of halogens is 1. The number of hydrogen-bond acceptors (Lipinski definition) is 3. The van der Waals surface area contributed by atoms with Crippen LogP contribution in [-0.4, -0.2) is 24.0 Å². The van der Waals surface area contributed by atoms with E-state index in [0.29, 0.717) is 5.92 Å². The van der Waals surface area contributed by atoms with Gasteiger partial charge in [-0.25, -0.2) is 4.98 Å². The lowest BCUT2D eigenvalue weighted by molar-refractivity contribution is 0.442. The van der Waals surface area contributed by atoms with E-state index in [9.17, 15) is 0 Å². The van der Waals surface area contributed by atoms with Crippen LogP contribution in [0.5, 0.6) is 0 Å². The number of alkyl halides is 1. The number of para-hydroxylation sites is 1. The molecule has 90 valence electrons. The third-order valence-corrected chi connectivity index (χ3v) is 4.92. The van der Waals surface area contributed by atoms with Crippen molar-refractivity contribution in [1.82, 2.24) is 4.98 Å². The number of anilines is 1. The van der Waals surface area contributed by atoms with Gasteiger partial charge in [-0.3, -0.25) is 0 Å². The lowest BCUT2D eigenvalue weighted by atomic mass is 9.99. The summed E-state index contributed by atoms with van der Waals surface area (Å²) in [5, 5.41) is 1.17. The van der Waals surface area contributed by atoms with Crippen molar-refractivity contribution in [3.8, 4) is 0 Å². The molecule has 2 aromatic rings. The average molecular weight is 267 g/mol. The Kier molecular flexibility index (Phi) is 3.21. The summed E-state index contributed by atoms with van der Waals surface area (Å²) in [6.07, 6.45) is 2.39. The minimum atomic E-state index is 0.697. The monoisotopic (exact) mass is 266 g/mol. The topological polar surface area (TPSA) is 16.1 Å².